The lowest BCUT2D eigenvalue weighted by Gasteiger charge is -2.29. The molecule has 1 atom stereocenters. The highest BCUT2D eigenvalue weighted by molar-refractivity contribution is 7.23. The van der Waals surface area contributed by atoms with Gasteiger partial charge >= 0.3 is 0 Å². The Morgan fingerprint density at radius 2 is 1.94 bits per heavy atom. The maximum atomic E-state index is 12.9. The molecule has 0 unspecified atom stereocenters. The van der Waals surface area contributed by atoms with Crippen molar-refractivity contribution in [2.75, 3.05) is 63.8 Å². The van der Waals surface area contributed by atoms with E-state index in [1.165, 1.54) is 16.9 Å². The van der Waals surface area contributed by atoms with Crippen molar-refractivity contribution in [1.29, 1.82) is 0 Å². The molecule has 1 aromatic heterocycles. The fraction of sp³-hybridized carbons (Fsp3) is 0.440. The fourth-order valence-corrected chi connectivity index (χ4v) is 5.58. The van der Waals surface area contributed by atoms with Crippen molar-refractivity contribution >= 4 is 38.3 Å². The number of ether oxygens (including phenoxy) is 3. The molecule has 0 bridgehead atoms. The lowest BCUT2D eigenvalue weighted by atomic mass is 10.1. The van der Waals surface area contributed by atoms with Crippen LogP contribution in [0.3, 0.4) is 0 Å². The van der Waals surface area contributed by atoms with Gasteiger partial charge in [-0.1, -0.05) is 23.5 Å². The quantitative estimate of drug-likeness (QED) is 0.551. The number of nitrogens with zero attached hydrogens (tertiary/aromatic N) is 3. The molecule has 2 aliphatic rings. The molecule has 3 heterocycles. The Kier molecular flexibility index (Phi) is 6.96. The van der Waals surface area contributed by atoms with Crippen LogP contribution in [-0.4, -0.2) is 75.5 Å². The number of aromatic nitrogens is 1. The Balaban J connectivity index is 1.30. The zero-order valence-corrected chi connectivity index (χ0v) is 20.4. The lowest BCUT2D eigenvalue weighted by molar-refractivity contribution is 0.102. The van der Waals surface area contributed by atoms with E-state index in [1.54, 1.807) is 14.2 Å². The van der Waals surface area contributed by atoms with Crippen LogP contribution < -0.4 is 15.0 Å². The Morgan fingerprint density at radius 3 is 2.65 bits per heavy atom. The molecule has 5 rings (SSSR count). The predicted molar refractivity (Wildman–Crippen MR) is 134 cm³/mol. The first-order valence-corrected chi connectivity index (χ1v) is 12.4. The van der Waals surface area contributed by atoms with Crippen LogP contribution in [0.1, 0.15) is 22.3 Å². The number of carbonyl (C=O) groups is 1. The van der Waals surface area contributed by atoms with Gasteiger partial charge < -0.3 is 19.1 Å². The molecular weight excluding hydrogens is 452 g/mol. The monoisotopic (exact) mass is 482 g/mol. The number of hydrogen-bond acceptors (Lipinski definition) is 8. The van der Waals surface area contributed by atoms with Crippen LogP contribution in [0.25, 0.3) is 10.2 Å². The van der Waals surface area contributed by atoms with Gasteiger partial charge in [-0.05, 0) is 36.2 Å². The first kappa shape index (κ1) is 23.0. The minimum atomic E-state index is -0.168. The van der Waals surface area contributed by atoms with Crippen LogP contribution in [0.4, 0.5) is 10.8 Å². The lowest BCUT2D eigenvalue weighted by Crippen LogP contribution is -2.36. The summed E-state index contributed by atoms with van der Waals surface area (Å²) in [6.07, 6.45) is 1.39. The topological polar surface area (TPSA) is 76.2 Å². The summed E-state index contributed by atoms with van der Waals surface area (Å²) < 4.78 is 17.5. The van der Waals surface area contributed by atoms with Crippen molar-refractivity contribution in [3.63, 3.8) is 0 Å². The second-order valence-electron chi connectivity index (χ2n) is 8.62. The number of carbonyl (C=O) groups excluding carboxylic acids is 1. The summed E-state index contributed by atoms with van der Waals surface area (Å²) in [5, 5.41) is 3.54. The first-order chi connectivity index (χ1) is 16.6. The summed E-state index contributed by atoms with van der Waals surface area (Å²) >= 11 is 1.47. The highest BCUT2D eigenvalue weighted by Gasteiger charge is 2.22. The van der Waals surface area contributed by atoms with Crippen molar-refractivity contribution in [2.24, 2.45) is 0 Å². The summed E-state index contributed by atoms with van der Waals surface area (Å²) in [6.45, 7) is 5.92. The normalized spacial score (nSPS) is 19.0. The minimum absolute atomic E-state index is 0.168. The summed E-state index contributed by atoms with van der Waals surface area (Å²) in [5.41, 5.74) is 3.66. The first-order valence-electron chi connectivity index (χ1n) is 11.6. The van der Waals surface area contributed by atoms with Crippen LogP contribution in [0.15, 0.2) is 36.4 Å². The average Bonchev–Trinajstić information content (AvgIpc) is 3.51. The maximum Gasteiger partial charge on any atom is 0.257 e. The van der Waals surface area contributed by atoms with Gasteiger partial charge in [-0.15, -0.1) is 0 Å². The van der Waals surface area contributed by atoms with Crippen molar-refractivity contribution in [3.8, 4) is 5.75 Å². The van der Waals surface area contributed by atoms with Gasteiger partial charge in [0.2, 0.25) is 0 Å². The van der Waals surface area contributed by atoms with Gasteiger partial charge in [0.05, 0.1) is 36.8 Å². The second-order valence-corrected chi connectivity index (χ2v) is 9.61. The van der Waals surface area contributed by atoms with E-state index in [0.717, 1.165) is 55.0 Å². The fourth-order valence-electron chi connectivity index (χ4n) is 4.56. The van der Waals surface area contributed by atoms with E-state index < -0.39 is 0 Å². The highest BCUT2D eigenvalue weighted by Crippen LogP contribution is 2.39. The number of thiazole rings is 1. The molecule has 0 aliphatic carbocycles. The van der Waals surface area contributed by atoms with Crippen LogP contribution >= 0.6 is 11.3 Å². The van der Waals surface area contributed by atoms with Gasteiger partial charge in [-0.25, -0.2) is 4.98 Å². The Bertz CT molecular complexity index is 1140. The third-order valence-corrected chi connectivity index (χ3v) is 7.46. The van der Waals surface area contributed by atoms with Crippen LogP contribution in [0, 0.1) is 0 Å². The van der Waals surface area contributed by atoms with Crippen molar-refractivity contribution in [2.45, 2.75) is 19.1 Å². The van der Waals surface area contributed by atoms with E-state index in [2.05, 4.69) is 21.2 Å². The third kappa shape index (κ3) is 4.88. The zero-order chi connectivity index (χ0) is 23.5. The number of morpholine rings is 1. The van der Waals surface area contributed by atoms with E-state index in [-0.39, 0.29) is 5.91 Å². The zero-order valence-electron chi connectivity index (χ0n) is 19.6. The molecule has 9 heteroatoms. The maximum absolute atomic E-state index is 12.9. The number of anilines is 2. The number of fused-ring (bicyclic) bond motifs is 1. The molecule has 180 valence electrons. The van der Waals surface area contributed by atoms with Gasteiger partial charge in [0.25, 0.3) is 5.91 Å². The minimum Gasteiger partial charge on any atom is -0.494 e. The van der Waals surface area contributed by atoms with Crippen LogP contribution in [0.2, 0.25) is 0 Å². The molecule has 2 aliphatic heterocycles. The highest BCUT2D eigenvalue weighted by atomic mass is 32.1. The molecule has 8 nitrogen and oxygen atoms in total. The van der Waals surface area contributed by atoms with Gasteiger partial charge in [0.1, 0.15) is 11.3 Å². The Hall–Kier alpha value is -2.72. The predicted octanol–water partition coefficient (Wildman–Crippen LogP) is 3.61. The Labute approximate surface area is 203 Å². The number of methoxy groups -OCH3 is 2. The molecule has 34 heavy (non-hydrogen) atoms. The average molecular weight is 483 g/mol. The molecule has 2 saturated heterocycles. The number of likely N-dealkylation sites (tertiary alicyclic amines) is 1. The molecule has 3 aromatic rings. The van der Waals surface area contributed by atoms with E-state index in [9.17, 15) is 4.79 Å². The third-order valence-electron chi connectivity index (χ3n) is 6.46. The standard InChI is InChI=1S/C25H30N4O4S/c1-31-19-9-10-28(16-19)15-17-3-5-18(6-4-17)24(30)27-25-26-22-21(32-2)8-7-20(23(22)34-25)29-11-13-33-14-12-29/h3-8,19H,9-16H2,1-2H3,(H,26,27,30)/t19-/m1/s1. The SMILES string of the molecule is COc1ccc(N2CCOCC2)c2sc(NC(=O)c3ccc(CN4CC[C@@H](OC)C4)cc3)nc12. The largest absolute Gasteiger partial charge is 0.494 e. The molecule has 2 aromatic carbocycles. The molecule has 2 fully saturated rings. The second kappa shape index (κ2) is 10.3. The number of benzene rings is 2. The van der Waals surface area contributed by atoms with Gasteiger partial charge in [0, 0.05) is 45.4 Å². The van der Waals surface area contributed by atoms with Crippen molar-refractivity contribution in [3.05, 3.63) is 47.5 Å². The molecule has 0 radical (unpaired) electrons. The van der Waals surface area contributed by atoms with Gasteiger partial charge in [-0.3, -0.25) is 15.0 Å². The van der Waals surface area contributed by atoms with E-state index in [1.807, 2.05) is 30.3 Å². The number of rotatable bonds is 7. The number of nitrogens with one attached hydrogen (secondary N) is 1. The van der Waals surface area contributed by atoms with E-state index in [4.69, 9.17) is 19.2 Å². The Morgan fingerprint density at radius 1 is 1.15 bits per heavy atom. The molecule has 0 saturated carbocycles. The molecule has 1 amide bonds. The summed E-state index contributed by atoms with van der Waals surface area (Å²) in [6, 6.07) is 11.8. The number of hydrogen-bond donors (Lipinski definition) is 1. The summed E-state index contributed by atoms with van der Waals surface area (Å²) in [5.74, 6) is 0.531. The summed E-state index contributed by atoms with van der Waals surface area (Å²) in [4.78, 5) is 22.3. The van der Waals surface area contributed by atoms with Crippen LogP contribution in [0.5, 0.6) is 5.75 Å². The molecule has 1 N–H and O–H groups in total. The van der Waals surface area contributed by atoms with Crippen molar-refractivity contribution in [1.82, 2.24) is 9.88 Å². The van der Waals surface area contributed by atoms with Crippen molar-refractivity contribution < 1.29 is 19.0 Å². The van der Waals surface area contributed by atoms with E-state index >= 15 is 0 Å². The number of amides is 1. The van der Waals surface area contributed by atoms with E-state index in [0.29, 0.717) is 35.8 Å². The molecular formula is C25H30N4O4S. The summed E-state index contributed by atoms with van der Waals surface area (Å²) in [7, 11) is 3.41. The van der Waals surface area contributed by atoms with Gasteiger partial charge in [0.15, 0.2) is 5.13 Å². The van der Waals surface area contributed by atoms with Gasteiger partial charge in [-0.2, -0.15) is 0 Å². The molecule has 0 spiro atoms. The van der Waals surface area contributed by atoms with Crippen LogP contribution in [-0.2, 0) is 16.0 Å². The smallest absolute Gasteiger partial charge is 0.257 e.